The summed E-state index contributed by atoms with van der Waals surface area (Å²) in [6.45, 7) is 6.43. The highest BCUT2D eigenvalue weighted by molar-refractivity contribution is 8.00. The number of hydrogen-bond acceptors (Lipinski definition) is 7. The summed E-state index contributed by atoms with van der Waals surface area (Å²) in [5, 5.41) is 0.655. The molecule has 0 aliphatic carbocycles. The quantitative estimate of drug-likeness (QED) is 0.331. The van der Waals surface area contributed by atoms with E-state index in [4.69, 9.17) is 14.5 Å². The minimum atomic E-state index is -0.490. The Morgan fingerprint density at radius 2 is 2.13 bits per heavy atom. The molecule has 8 heteroatoms. The molecule has 2 atom stereocenters. The molecule has 0 fully saturated rings. The molecule has 3 aromatic rings. The molecule has 30 heavy (non-hydrogen) atoms. The molecule has 3 heterocycles. The van der Waals surface area contributed by atoms with E-state index in [1.54, 1.807) is 11.5 Å². The number of thiophene rings is 1. The Bertz CT molecular complexity index is 1160. The Morgan fingerprint density at radius 3 is 2.80 bits per heavy atom. The van der Waals surface area contributed by atoms with Crippen LogP contribution >= 0.6 is 23.1 Å². The van der Waals surface area contributed by atoms with Crippen molar-refractivity contribution in [2.24, 2.45) is 0 Å². The van der Waals surface area contributed by atoms with E-state index in [-0.39, 0.29) is 17.1 Å². The lowest BCUT2D eigenvalue weighted by atomic mass is 9.90. The van der Waals surface area contributed by atoms with Gasteiger partial charge in [-0.05, 0) is 38.0 Å². The minimum absolute atomic E-state index is 0.108. The van der Waals surface area contributed by atoms with Gasteiger partial charge in [0.05, 0.1) is 30.4 Å². The first kappa shape index (κ1) is 21.1. The van der Waals surface area contributed by atoms with Crippen LogP contribution in [0.25, 0.3) is 15.9 Å². The summed E-state index contributed by atoms with van der Waals surface area (Å²) in [7, 11) is 1.36. The molecule has 2 unspecified atom stereocenters. The van der Waals surface area contributed by atoms with Crippen molar-refractivity contribution in [1.82, 2.24) is 9.55 Å². The zero-order chi connectivity index (χ0) is 21.5. The lowest BCUT2D eigenvalue weighted by molar-refractivity contribution is -0.139. The number of aromatic nitrogens is 2. The lowest BCUT2D eigenvalue weighted by Gasteiger charge is -2.32. The summed E-state index contributed by atoms with van der Waals surface area (Å²) < 4.78 is 12.5. The molecule has 0 spiro atoms. The summed E-state index contributed by atoms with van der Waals surface area (Å²) in [4.78, 5) is 32.3. The molecule has 0 N–H and O–H groups in total. The van der Waals surface area contributed by atoms with E-state index in [9.17, 15) is 9.59 Å². The first-order valence-corrected chi connectivity index (χ1v) is 11.6. The minimum Gasteiger partial charge on any atom is -0.468 e. The number of hydrogen-bond donors (Lipinski definition) is 0. The van der Waals surface area contributed by atoms with Crippen molar-refractivity contribution in [1.29, 1.82) is 0 Å². The standard InChI is InChI=1S/C22H24N2O4S2/c1-5-22(3)11-15-16(12-28-22)30-18-17(15)19(25)24(14-9-7-6-8-10-14)21(23-18)29-13(2)20(26)27-4/h6-10,13H,5,11-12H2,1-4H3. The fraction of sp³-hybridized carbons (Fsp3) is 0.409. The number of thioether (sulfide) groups is 1. The predicted molar refractivity (Wildman–Crippen MR) is 120 cm³/mol. The number of methoxy groups -OCH3 is 1. The predicted octanol–water partition coefficient (Wildman–Crippen LogP) is 4.34. The summed E-state index contributed by atoms with van der Waals surface area (Å²) in [5.74, 6) is -0.355. The zero-order valence-corrected chi connectivity index (χ0v) is 19.1. The molecule has 1 aromatic carbocycles. The smallest absolute Gasteiger partial charge is 0.318 e. The van der Waals surface area contributed by atoms with Gasteiger partial charge in [0.15, 0.2) is 5.16 Å². The zero-order valence-electron chi connectivity index (χ0n) is 17.4. The summed E-state index contributed by atoms with van der Waals surface area (Å²) >= 11 is 2.74. The molecule has 0 radical (unpaired) electrons. The summed E-state index contributed by atoms with van der Waals surface area (Å²) in [6, 6.07) is 9.42. The van der Waals surface area contributed by atoms with Crippen molar-refractivity contribution in [3.63, 3.8) is 0 Å². The fourth-order valence-electron chi connectivity index (χ4n) is 3.58. The van der Waals surface area contributed by atoms with Crippen LogP contribution < -0.4 is 5.56 Å². The molecule has 0 amide bonds. The number of para-hydroxylation sites is 1. The van der Waals surface area contributed by atoms with Gasteiger partial charge in [-0.15, -0.1) is 11.3 Å². The first-order valence-electron chi connectivity index (χ1n) is 9.88. The third kappa shape index (κ3) is 3.68. The third-order valence-electron chi connectivity index (χ3n) is 5.56. The SMILES string of the molecule is CCC1(C)Cc2c(sc3nc(SC(C)C(=O)OC)n(-c4ccccc4)c(=O)c23)CO1. The number of rotatable bonds is 5. The van der Waals surface area contributed by atoms with Crippen molar-refractivity contribution in [3.8, 4) is 5.69 Å². The molecule has 4 rings (SSSR count). The average molecular weight is 445 g/mol. The summed E-state index contributed by atoms with van der Waals surface area (Å²) in [6.07, 6.45) is 1.56. The Kier molecular flexibility index (Phi) is 5.74. The van der Waals surface area contributed by atoms with Gasteiger partial charge in [0.2, 0.25) is 0 Å². The molecule has 6 nitrogen and oxygen atoms in total. The van der Waals surface area contributed by atoms with E-state index in [0.29, 0.717) is 28.4 Å². The number of fused-ring (bicyclic) bond motifs is 3. The van der Waals surface area contributed by atoms with Gasteiger partial charge in [0, 0.05) is 11.3 Å². The van der Waals surface area contributed by atoms with Gasteiger partial charge in [-0.3, -0.25) is 14.2 Å². The highest BCUT2D eigenvalue weighted by Gasteiger charge is 2.34. The highest BCUT2D eigenvalue weighted by Crippen LogP contribution is 2.39. The largest absolute Gasteiger partial charge is 0.468 e. The van der Waals surface area contributed by atoms with E-state index >= 15 is 0 Å². The molecule has 1 aliphatic rings. The van der Waals surface area contributed by atoms with Crippen molar-refractivity contribution in [2.45, 2.75) is 56.2 Å². The van der Waals surface area contributed by atoms with Crippen LogP contribution in [0.2, 0.25) is 0 Å². The van der Waals surface area contributed by atoms with Crippen LogP contribution in [-0.2, 0) is 27.3 Å². The first-order chi connectivity index (χ1) is 14.4. The maximum absolute atomic E-state index is 13.8. The number of carbonyl (C=O) groups excluding carboxylic acids is 1. The van der Waals surface area contributed by atoms with Gasteiger partial charge in [-0.2, -0.15) is 0 Å². The van der Waals surface area contributed by atoms with Crippen LogP contribution in [0.1, 0.15) is 37.6 Å². The average Bonchev–Trinajstić information content (AvgIpc) is 3.11. The Balaban J connectivity index is 1.94. The lowest BCUT2D eigenvalue weighted by Crippen LogP contribution is -2.34. The van der Waals surface area contributed by atoms with Gasteiger partial charge in [-0.1, -0.05) is 36.9 Å². The van der Waals surface area contributed by atoms with E-state index in [1.165, 1.54) is 30.2 Å². The summed E-state index contributed by atoms with van der Waals surface area (Å²) in [5.41, 5.74) is 1.38. The van der Waals surface area contributed by atoms with E-state index in [1.807, 2.05) is 30.3 Å². The monoisotopic (exact) mass is 444 g/mol. The van der Waals surface area contributed by atoms with Gasteiger partial charge in [0.25, 0.3) is 5.56 Å². The molecular weight excluding hydrogens is 420 g/mol. The Morgan fingerprint density at radius 1 is 1.40 bits per heavy atom. The van der Waals surface area contributed by atoms with Crippen LogP contribution in [0.4, 0.5) is 0 Å². The fourth-order valence-corrected chi connectivity index (χ4v) is 5.68. The normalized spacial score (nSPS) is 19.5. The van der Waals surface area contributed by atoms with Crippen LogP contribution in [0.5, 0.6) is 0 Å². The van der Waals surface area contributed by atoms with Crippen LogP contribution in [-0.4, -0.2) is 33.5 Å². The van der Waals surface area contributed by atoms with Crippen LogP contribution in [0, 0.1) is 0 Å². The van der Waals surface area contributed by atoms with Crippen LogP contribution in [0.3, 0.4) is 0 Å². The van der Waals surface area contributed by atoms with E-state index < -0.39 is 5.25 Å². The number of carbonyl (C=O) groups is 1. The molecule has 0 saturated heterocycles. The second-order valence-corrected chi connectivity index (χ2v) is 10.00. The molecule has 2 aromatic heterocycles. The number of ether oxygens (including phenoxy) is 2. The highest BCUT2D eigenvalue weighted by atomic mass is 32.2. The van der Waals surface area contributed by atoms with Crippen molar-refractivity contribution in [2.75, 3.05) is 7.11 Å². The Labute approximate surface area is 183 Å². The van der Waals surface area contributed by atoms with Crippen molar-refractivity contribution < 1.29 is 14.3 Å². The number of esters is 1. The van der Waals surface area contributed by atoms with Gasteiger partial charge in [-0.25, -0.2) is 4.98 Å². The van der Waals surface area contributed by atoms with Gasteiger partial charge >= 0.3 is 5.97 Å². The second-order valence-electron chi connectivity index (χ2n) is 7.61. The second kappa shape index (κ2) is 8.17. The molecule has 1 aliphatic heterocycles. The van der Waals surface area contributed by atoms with E-state index in [2.05, 4.69) is 13.8 Å². The van der Waals surface area contributed by atoms with Gasteiger partial charge < -0.3 is 9.47 Å². The maximum Gasteiger partial charge on any atom is 0.318 e. The molecular formula is C22H24N2O4S2. The number of nitrogens with zero attached hydrogens (tertiary/aromatic N) is 2. The van der Waals surface area contributed by atoms with Crippen molar-refractivity contribution in [3.05, 3.63) is 51.1 Å². The topological polar surface area (TPSA) is 70.4 Å². The Hall–Kier alpha value is -2.16. The van der Waals surface area contributed by atoms with E-state index in [0.717, 1.165) is 22.5 Å². The molecule has 158 valence electrons. The van der Waals surface area contributed by atoms with Gasteiger partial charge in [0.1, 0.15) is 10.1 Å². The third-order valence-corrected chi connectivity index (χ3v) is 7.69. The maximum atomic E-state index is 13.8. The number of benzene rings is 1. The van der Waals surface area contributed by atoms with Crippen LogP contribution in [0.15, 0.2) is 40.3 Å². The van der Waals surface area contributed by atoms with Crippen molar-refractivity contribution >= 4 is 39.3 Å². The molecule has 0 saturated carbocycles. The molecule has 0 bridgehead atoms.